The zero-order valence-corrected chi connectivity index (χ0v) is 13.9. The number of nitrogens with zero attached hydrogens (tertiary/aromatic N) is 1. The molecule has 0 aliphatic heterocycles. The maximum Gasteiger partial charge on any atom is 0.337 e. The minimum absolute atomic E-state index is 0.133. The van der Waals surface area contributed by atoms with E-state index in [2.05, 4.69) is 25.4 Å². The Labute approximate surface area is 128 Å². The van der Waals surface area contributed by atoms with Crippen LogP contribution in [0.1, 0.15) is 15.9 Å². The molecule has 0 aromatic heterocycles. The van der Waals surface area contributed by atoms with Crippen LogP contribution in [-0.2, 0) is 16.0 Å². The third-order valence-corrected chi connectivity index (χ3v) is 3.13. The summed E-state index contributed by atoms with van der Waals surface area (Å²) in [5.41, 5.74) is 1.58. The molecule has 0 radical (unpaired) electrons. The molecule has 1 aromatic carbocycles. The number of aliphatic hydroxyl groups excluding tert-OH is 1. The molecular formula is C14H22BrNO4. The number of hydrogen-bond donors (Lipinski definition) is 1. The van der Waals surface area contributed by atoms with Gasteiger partial charge in [-0.1, -0.05) is 22.0 Å². The van der Waals surface area contributed by atoms with Crippen molar-refractivity contribution in [2.24, 2.45) is 0 Å². The highest BCUT2D eigenvalue weighted by Crippen LogP contribution is 2.20. The van der Waals surface area contributed by atoms with Gasteiger partial charge in [0.1, 0.15) is 0 Å². The van der Waals surface area contributed by atoms with Gasteiger partial charge in [-0.15, -0.1) is 0 Å². The van der Waals surface area contributed by atoms with Gasteiger partial charge in [0.25, 0.3) is 0 Å². The zero-order chi connectivity index (χ0) is 15.5. The maximum absolute atomic E-state index is 11.3. The molecule has 1 N–H and O–H groups in total. The number of carbonyl (C=O) groups is 1. The molecule has 0 saturated heterocycles. The first-order valence-electron chi connectivity index (χ1n) is 6.06. The van der Waals surface area contributed by atoms with Gasteiger partial charge in [-0.3, -0.25) is 4.90 Å². The van der Waals surface area contributed by atoms with E-state index in [1.54, 1.807) is 26.4 Å². The van der Waals surface area contributed by atoms with E-state index >= 15 is 0 Å². The van der Waals surface area contributed by atoms with Crippen molar-refractivity contribution in [1.29, 1.82) is 0 Å². The molecule has 5 nitrogen and oxygen atoms in total. The van der Waals surface area contributed by atoms with Crippen LogP contribution in [0, 0.1) is 0 Å². The number of hydrogen-bond acceptors (Lipinski definition) is 5. The van der Waals surface area contributed by atoms with Crippen molar-refractivity contribution in [3.8, 4) is 0 Å². The van der Waals surface area contributed by atoms with Crippen molar-refractivity contribution in [2.45, 2.75) is 6.54 Å². The van der Waals surface area contributed by atoms with Crippen LogP contribution in [0.3, 0.4) is 0 Å². The van der Waals surface area contributed by atoms with Gasteiger partial charge in [0, 0.05) is 31.8 Å². The molecule has 20 heavy (non-hydrogen) atoms. The second kappa shape index (κ2) is 10.8. The van der Waals surface area contributed by atoms with Crippen LogP contribution in [-0.4, -0.2) is 57.5 Å². The summed E-state index contributed by atoms with van der Waals surface area (Å²) in [6, 6.07) is 5.36. The zero-order valence-electron chi connectivity index (χ0n) is 12.4. The van der Waals surface area contributed by atoms with E-state index < -0.39 is 0 Å². The third-order valence-electron chi connectivity index (χ3n) is 2.40. The highest BCUT2D eigenvalue weighted by Gasteiger charge is 2.09. The highest BCUT2D eigenvalue weighted by molar-refractivity contribution is 9.10. The fraction of sp³-hybridized carbons (Fsp3) is 0.500. The number of rotatable bonds is 5. The van der Waals surface area contributed by atoms with Gasteiger partial charge in [0.05, 0.1) is 19.3 Å². The molecule has 0 amide bonds. The van der Waals surface area contributed by atoms with Gasteiger partial charge in [0.2, 0.25) is 0 Å². The van der Waals surface area contributed by atoms with E-state index in [-0.39, 0.29) is 12.6 Å². The van der Waals surface area contributed by atoms with E-state index in [0.29, 0.717) is 18.7 Å². The van der Waals surface area contributed by atoms with Crippen molar-refractivity contribution in [3.63, 3.8) is 0 Å². The van der Waals surface area contributed by atoms with Crippen LogP contribution < -0.4 is 0 Å². The molecule has 0 aliphatic carbocycles. The number of benzene rings is 1. The van der Waals surface area contributed by atoms with E-state index in [1.165, 1.54) is 7.11 Å². The first-order chi connectivity index (χ1) is 9.49. The Hall–Kier alpha value is -0.950. The predicted octanol–water partition coefficient (Wildman–Crippen LogP) is 1.92. The number of halogens is 1. The Morgan fingerprint density at radius 1 is 1.35 bits per heavy atom. The van der Waals surface area contributed by atoms with Crippen molar-refractivity contribution in [3.05, 3.63) is 33.8 Å². The fourth-order valence-electron chi connectivity index (χ4n) is 1.46. The van der Waals surface area contributed by atoms with E-state index in [1.807, 2.05) is 18.0 Å². The maximum atomic E-state index is 11.3. The predicted molar refractivity (Wildman–Crippen MR) is 81.8 cm³/mol. The normalized spacial score (nSPS) is 9.95. The van der Waals surface area contributed by atoms with E-state index in [4.69, 9.17) is 5.11 Å². The topological polar surface area (TPSA) is 59.0 Å². The quantitative estimate of drug-likeness (QED) is 0.824. The molecule has 0 saturated carbocycles. The molecule has 114 valence electrons. The van der Waals surface area contributed by atoms with Crippen LogP contribution in [0.5, 0.6) is 0 Å². The average molecular weight is 348 g/mol. The summed E-state index contributed by atoms with van der Waals surface area (Å²) in [6.07, 6.45) is 0. The van der Waals surface area contributed by atoms with Crippen LogP contribution in [0.2, 0.25) is 0 Å². The van der Waals surface area contributed by atoms with Crippen molar-refractivity contribution in [2.75, 3.05) is 41.5 Å². The lowest BCUT2D eigenvalue weighted by Gasteiger charge is -2.16. The van der Waals surface area contributed by atoms with E-state index in [0.717, 1.165) is 10.0 Å². The van der Waals surface area contributed by atoms with Gasteiger partial charge in [-0.05, 0) is 24.7 Å². The molecule has 1 rings (SSSR count). The summed E-state index contributed by atoms with van der Waals surface area (Å²) in [5.74, 6) is -0.346. The summed E-state index contributed by atoms with van der Waals surface area (Å²) in [4.78, 5) is 13.3. The Kier molecular flexibility index (Phi) is 10.3. The largest absolute Gasteiger partial charge is 0.465 e. The van der Waals surface area contributed by atoms with E-state index in [9.17, 15) is 4.79 Å². The molecule has 0 aliphatic rings. The van der Waals surface area contributed by atoms with Gasteiger partial charge >= 0.3 is 5.97 Å². The monoisotopic (exact) mass is 347 g/mol. The van der Waals surface area contributed by atoms with Crippen LogP contribution in [0.25, 0.3) is 0 Å². The van der Waals surface area contributed by atoms with Crippen LogP contribution >= 0.6 is 15.9 Å². The molecule has 0 spiro atoms. The minimum Gasteiger partial charge on any atom is -0.465 e. The van der Waals surface area contributed by atoms with Crippen molar-refractivity contribution in [1.82, 2.24) is 4.90 Å². The second-order valence-electron chi connectivity index (χ2n) is 4.17. The standard InChI is InChI=1S/C12H16BrNO3.C2H6O/c1-14(5-6-15)8-10-4-3-9(7-11(10)13)12(16)17-2;1-3-2/h3-4,7,15H,5-6,8H2,1-2H3;1-2H3. The molecule has 0 bridgehead atoms. The molecule has 6 heteroatoms. The highest BCUT2D eigenvalue weighted by atomic mass is 79.9. The first-order valence-corrected chi connectivity index (χ1v) is 6.85. The molecule has 0 atom stereocenters. The van der Waals surface area contributed by atoms with Crippen LogP contribution in [0.4, 0.5) is 0 Å². The third kappa shape index (κ3) is 7.00. The second-order valence-corrected chi connectivity index (χ2v) is 5.02. The average Bonchev–Trinajstić information content (AvgIpc) is 2.41. The van der Waals surface area contributed by atoms with Gasteiger partial charge in [0.15, 0.2) is 0 Å². The summed E-state index contributed by atoms with van der Waals surface area (Å²) >= 11 is 3.43. The van der Waals surface area contributed by atoms with Gasteiger partial charge < -0.3 is 14.6 Å². The number of aliphatic hydroxyl groups is 1. The lowest BCUT2D eigenvalue weighted by atomic mass is 10.1. The Bertz CT molecular complexity index is 412. The van der Waals surface area contributed by atoms with Gasteiger partial charge in [-0.25, -0.2) is 4.79 Å². The molecule has 1 aromatic rings. The SMILES string of the molecule is COC.COC(=O)c1ccc(CN(C)CCO)c(Br)c1. The minimum atomic E-state index is -0.346. The Balaban J connectivity index is 0.00000110. The summed E-state index contributed by atoms with van der Waals surface area (Å²) in [7, 11) is 6.54. The molecule has 0 fully saturated rings. The Morgan fingerprint density at radius 3 is 2.40 bits per heavy atom. The number of methoxy groups -OCH3 is 2. The lowest BCUT2D eigenvalue weighted by molar-refractivity contribution is 0.0600. The molecule has 0 heterocycles. The first kappa shape index (κ1) is 19.1. The molecule has 0 unspecified atom stereocenters. The Morgan fingerprint density at radius 2 is 1.95 bits per heavy atom. The summed E-state index contributed by atoms with van der Waals surface area (Å²) in [5, 5.41) is 8.82. The number of esters is 1. The van der Waals surface area contributed by atoms with Crippen molar-refractivity contribution >= 4 is 21.9 Å². The molecular weight excluding hydrogens is 326 g/mol. The fourth-order valence-corrected chi connectivity index (χ4v) is 1.97. The van der Waals surface area contributed by atoms with Crippen LogP contribution in [0.15, 0.2) is 22.7 Å². The summed E-state index contributed by atoms with van der Waals surface area (Å²) < 4.78 is 9.76. The van der Waals surface area contributed by atoms with Gasteiger partial charge in [-0.2, -0.15) is 0 Å². The van der Waals surface area contributed by atoms with Crippen molar-refractivity contribution < 1.29 is 19.4 Å². The smallest absolute Gasteiger partial charge is 0.337 e. The summed E-state index contributed by atoms with van der Waals surface area (Å²) in [6.45, 7) is 1.46. The number of ether oxygens (including phenoxy) is 2. The number of likely N-dealkylation sites (N-methyl/N-ethyl adjacent to an activating group) is 1. The number of carbonyl (C=O) groups excluding carboxylic acids is 1. The lowest BCUT2D eigenvalue weighted by Crippen LogP contribution is -2.21.